The third-order valence-corrected chi connectivity index (χ3v) is 2.09. The molecule has 0 aliphatic rings. The topological polar surface area (TPSA) is 63.4 Å². The van der Waals surface area contributed by atoms with Crippen molar-refractivity contribution in [3.8, 4) is 5.75 Å². The summed E-state index contributed by atoms with van der Waals surface area (Å²) in [6.07, 6.45) is 0.420. The summed E-state index contributed by atoms with van der Waals surface area (Å²) in [5.74, 6) is -0.341. The van der Waals surface area contributed by atoms with Crippen LogP contribution in [0.1, 0.15) is 12.5 Å². The number of halogens is 1. The molecule has 13 heavy (non-hydrogen) atoms. The summed E-state index contributed by atoms with van der Waals surface area (Å²) in [6.45, 7) is 1.74. The highest BCUT2D eigenvalue weighted by Gasteiger charge is 2.20. The van der Waals surface area contributed by atoms with E-state index in [2.05, 4.69) is 0 Å². The molecule has 0 saturated heterocycles. The highest BCUT2D eigenvalue weighted by molar-refractivity contribution is 6.31. The van der Waals surface area contributed by atoms with Crippen molar-refractivity contribution in [2.24, 2.45) is 0 Å². The van der Waals surface area contributed by atoms with E-state index in [1.165, 1.54) is 12.1 Å². The molecule has 0 radical (unpaired) electrons. The first-order valence-electron chi connectivity index (χ1n) is 3.72. The minimum Gasteiger partial charge on any atom is -0.502 e. The second-order valence-corrected chi connectivity index (χ2v) is 2.91. The molecule has 1 aromatic carbocycles. The molecule has 0 aliphatic heterocycles. The van der Waals surface area contributed by atoms with Crippen LogP contribution in [-0.4, -0.2) is 10.0 Å². The first-order valence-corrected chi connectivity index (χ1v) is 4.10. The van der Waals surface area contributed by atoms with Gasteiger partial charge in [-0.2, -0.15) is 0 Å². The van der Waals surface area contributed by atoms with E-state index in [1.54, 1.807) is 6.92 Å². The van der Waals surface area contributed by atoms with Crippen LogP contribution >= 0.6 is 11.6 Å². The number of nitrogens with zero attached hydrogens (tertiary/aromatic N) is 1. The van der Waals surface area contributed by atoms with Gasteiger partial charge in [0.1, 0.15) is 0 Å². The maximum absolute atomic E-state index is 10.5. The summed E-state index contributed by atoms with van der Waals surface area (Å²) in [5.41, 5.74) is 0.0710. The van der Waals surface area contributed by atoms with Crippen LogP contribution in [0, 0.1) is 10.1 Å². The Morgan fingerprint density at radius 1 is 1.62 bits per heavy atom. The molecule has 0 bridgehead atoms. The fraction of sp³-hybridized carbons (Fsp3) is 0.250. The molecule has 0 spiro atoms. The zero-order valence-electron chi connectivity index (χ0n) is 6.95. The average Bonchev–Trinajstić information content (AvgIpc) is 2.07. The lowest BCUT2D eigenvalue weighted by Gasteiger charge is -2.03. The summed E-state index contributed by atoms with van der Waals surface area (Å²) >= 11 is 5.73. The Kier molecular flexibility index (Phi) is 2.72. The maximum Gasteiger partial charge on any atom is 0.315 e. The van der Waals surface area contributed by atoms with E-state index in [4.69, 9.17) is 11.6 Å². The maximum atomic E-state index is 10.5. The van der Waals surface area contributed by atoms with Crippen LogP contribution in [0.5, 0.6) is 5.75 Å². The normalized spacial score (nSPS) is 10.0. The average molecular weight is 202 g/mol. The lowest BCUT2D eigenvalue weighted by atomic mass is 10.1. The van der Waals surface area contributed by atoms with Crippen LogP contribution in [0.3, 0.4) is 0 Å². The predicted molar refractivity (Wildman–Crippen MR) is 49.1 cm³/mol. The Balaban J connectivity index is 3.43. The van der Waals surface area contributed by atoms with Crippen molar-refractivity contribution < 1.29 is 10.0 Å². The Bertz CT molecular complexity index is 351. The van der Waals surface area contributed by atoms with E-state index < -0.39 is 4.92 Å². The van der Waals surface area contributed by atoms with Crippen molar-refractivity contribution in [3.05, 3.63) is 32.8 Å². The molecule has 70 valence electrons. The van der Waals surface area contributed by atoms with Gasteiger partial charge >= 0.3 is 5.69 Å². The van der Waals surface area contributed by atoms with Gasteiger partial charge in [-0.1, -0.05) is 18.5 Å². The van der Waals surface area contributed by atoms with E-state index >= 15 is 0 Å². The molecule has 1 aromatic rings. The van der Waals surface area contributed by atoms with Crippen LogP contribution < -0.4 is 0 Å². The number of nitro benzene ring substituents is 1. The molecular formula is C8H8ClNO3. The molecular weight excluding hydrogens is 194 g/mol. The van der Waals surface area contributed by atoms with Crippen LogP contribution in [-0.2, 0) is 6.42 Å². The first kappa shape index (κ1) is 9.80. The smallest absolute Gasteiger partial charge is 0.315 e. The number of nitro groups is 1. The quantitative estimate of drug-likeness (QED) is 0.591. The summed E-state index contributed by atoms with van der Waals surface area (Å²) in [7, 11) is 0. The van der Waals surface area contributed by atoms with Gasteiger partial charge in [-0.25, -0.2) is 0 Å². The Hall–Kier alpha value is -1.29. The molecule has 0 fully saturated rings. The summed E-state index contributed by atoms with van der Waals surface area (Å²) < 4.78 is 0. The number of phenolic OH excluding ortho intramolecular Hbond substituents is 1. The van der Waals surface area contributed by atoms with Gasteiger partial charge in [-0.3, -0.25) is 10.1 Å². The zero-order chi connectivity index (χ0) is 10.0. The van der Waals surface area contributed by atoms with Gasteiger partial charge in [-0.05, 0) is 18.6 Å². The molecule has 0 atom stereocenters. The fourth-order valence-corrected chi connectivity index (χ4v) is 1.43. The number of phenols is 1. The lowest BCUT2D eigenvalue weighted by Crippen LogP contribution is -1.95. The van der Waals surface area contributed by atoms with Crippen molar-refractivity contribution in [1.82, 2.24) is 0 Å². The van der Waals surface area contributed by atoms with E-state index in [-0.39, 0.29) is 11.4 Å². The number of aromatic hydroxyl groups is 1. The molecule has 0 amide bonds. The molecule has 0 heterocycles. The molecule has 0 aliphatic carbocycles. The van der Waals surface area contributed by atoms with Crippen LogP contribution in [0.25, 0.3) is 0 Å². The second kappa shape index (κ2) is 3.62. The van der Waals surface area contributed by atoms with Crippen LogP contribution in [0.15, 0.2) is 12.1 Å². The third-order valence-electron chi connectivity index (χ3n) is 1.74. The van der Waals surface area contributed by atoms with Crippen molar-refractivity contribution >= 4 is 17.3 Å². The predicted octanol–water partition coefficient (Wildman–Crippen LogP) is 2.52. The standard InChI is InChI=1S/C8H8ClNO3/c1-2-5-6(9)3-4-7(11)8(5)10(12)13/h3-4,11H,2H2,1H3. The fourth-order valence-electron chi connectivity index (χ4n) is 1.14. The summed E-state index contributed by atoms with van der Waals surface area (Å²) in [4.78, 5) is 9.92. The third kappa shape index (κ3) is 1.72. The van der Waals surface area contributed by atoms with Gasteiger partial charge in [0.25, 0.3) is 0 Å². The van der Waals surface area contributed by atoms with Gasteiger partial charge in [0.2, 0.25) is 0 Å². The molecule has 5 heteroatoms. The van der Waals surface area contributed by atoms with Gasteiger partial charge in [0.05, 0.1) is 15.5 Å². The van der Waals surface area contributed by atoms with Gasteiger partial charge in [0.15, 0.2) is 5.75 Å². The highest BCUT2D eigenvalue weighted by Crippen LogP contribution is 2.34. The van der Waals surface area contributed by atoms with Crippen molar-refractivity contribution in [1.29, 1.82) is 0 Å². The minimum absolute atomic E-state index is 0.296. The van der Waals surface area contributed by atoms with Gasteiger partial charge in [-0.15, -0.1) is 0 Å². The van der Waals surface area contributed by atoms with Crippen molar-refractivity contribution in [2.75, 3.05) is 0 Å². The highest BCUT2D eigenvalue weighted by atomic mass is 35.5. The molecule has 1 N–H and O–H groups in total. The number of hydrogen-bond donors (Lipinski definition) is 1. The SMILES string of the molecule is CCc1c(Cl)ccc(O)c1[N+](=O)[O-]. The van der Waals surface area contributed by atoms with E-state index in [9.17, 15) is 15.2 Å². The van der Waals surface area contributed by atoms with Crippen LogP contribution in [0.4, 0.5) is 5.69 Å². The molecule has 0 unspecified atom stereocenters. The lowest BCUT2D eigenvalue weighted by molar-refractivity contribution is -0.386. The number of rotatable bonds is 2. The monoisotopic (exact) mass is 201 g/mol. The van der Waals surface area contributed by atoms with Crippen LogP contribution in [0.2, 0.25) is 5.02 Å². The largest absolute Gasteiger partial charge is 0.502 e. The van der Waals surface area contributed by atoms with Gasteiger partial charge < -0.3 is 5.11 Å². The van der Waals surface area contributed by atoms with E-state index in [1.807, 2.05) is 0 Å². The zero-order valence-corrected chi connectivity index (χ0v) is 7.71. The second-order valence-electron chi connectivity index (χ2n) is 2.50. The molecule has 1 rings (SSSR count). The van der Waals surface area contributed by atoms with Gasteiger partial charge in [0, 0.05) is 0 Å². The Morgan fingerprint density at radius 2 is 2.23 bits per heavy atom. The van der Waals surface area contributed by atoms with E-state index in [0.717, 1.165) is 0 Å². The molecule has 0 saturated carbocycles. The Labute approximate surface area is 79.9 Å². The van der Waals surface area contributed by atoms with Crippen molar-refractivity contribution in [3.63, 3.8) is 0 Å². The first-order chi connectivity index (χ1) is 6.07. The Morgan fingerprint density at radius 3 is 2.62 bits per heavy atom. The molecule has 4 nitrogen and oxygen atoms in total. The van der Waals surface area contributed by atoms with E-state index in [0.29, 0.717) is 17.0 Å². The summed E-state index contributed by atoms with van der Waals surface area (Å²) in [6, 6.07) is 2.67. The van der Waals surface area contributed by atoms with Crippen molar-refractivity contribution in [2.45, 2.75) is 13.3 Å². The minimum atomic E-state index is -0.625. The number of hydrogen-bond acceptors (Lipinski definition) is 3. The molecule has 0 aromatic heterocycles. The number of benzene rings is 1. The summed E-state index contributed by atoms with van der Waals surface area (Å²) in [5, 5.41) is 20.1.